The van der Waals surface area contributed by atoms with Gasteiger partial charge in [-0.3, -0.25) is 0 Å². The van der Waals surface area contributed by atoms with Crippen LogP contribution in [0, 0.1) is 47.3 Å². The molecular weight excluding hydrogens is 516 g/mol. The van der Waals surface area contributed by atoms with E-state index in [4.69, 9.17) is 0 Å². The van der Waals surface area contributed by atoms with Gasteiger partial charge in [0.15, 0.2) is 0 Å². The van der Waals surface area contributed by atoms with Crippen LogP contribution >= 0.6 is 0 Å². The fraction of sp³-hybridized carbons (Fsp3) is 1.00. The molecule has 0 aliphatic heterocycles. The van der Waals surface area contributed by atoms with E-state index >= 15 is 0 Å². The molecule has 258 valence electrons. The lowest BCUT2D eigenvalue weighted by molar-refractivity contribution is 0.0914. The van der Waals surface area contributed by atoms with Gasteiger partial charge in [0.1, 0.15) is 0 Å². The molecule has 8 atom stereocenters. The van der Waals surface area contributed by atoms with Gasteiger partial charge in [-0.2, -0.15) is 0 Å². The van der Waals surface area contributed by atoms with E-state index in [2.05, 4.69) is 55.4 Å². The minimum absolute atomic E-state index is 0.917. The third-order valence-electron chi connectivity index (χ3n) is 12.3. The average Bonchev–Trinajstić information content (AvgIpc) is 2.97. The lowest BCUT2D eigenvalue weighted by Crippen LogP contribution is -2.31. The van der Waals surface area contributed by atoms with Gasteiger partial charge in [-0.25, -0.2) is 0 Å². The summed E-state index contributed by atoms with van der Waals surface area (Å²) in [6.45, 7) is 19.8. The van der Waals surface area contributed by atoms with Crippen LogP contribution in [0.4, 0.5) is 0 Å². The van der Waals surface area contributed by atoms with Crippen molar-refractivity contribution >= 4 is 0 Å². The summed E-state index contributed by atoms with van der Waals surface area (Å²) in [5, 5.41) is 0. The Morgan fingerprint density at radius 2 is 1.00 bits per heavy atom. The van der Waals surface area contributed by atoms with Crippen molar-refractivity contribution in [3.05, 3.63) is 0 Å². The highest BCUT2D eigenvalue weighted by molar-refractivity contribution is 4.84. The van der Waals surface area contributed by atoms with Gasteiger partial charge in [0.25, 0.3) is 0 Å². The molecule has 1 aliphatic carbocycles. The van der Waals surface area contributed by atoms with Crippen molar-refractivity contribution < 1.29 is 0 Å². The maximum absolute atomic E-state index is 2.59. The Morgan fingerprint density at radius 1 is 0.465 bits per heavy atom. The predicted octanol–water partition coefficient (Wildman–Crippen LogP) is 15.6. The van der Waals surface area contributed by atoms with Crippen LogP contribution < -0.4 is 0 Å². The third kappa shape index (κ3) is 20.7. The molecule has 1 saturated carbocycles. The maximum atomic E-state index is 2.59. The summed E-state index contributed by atoms with van der Waals surface area (Å²) < 4.78 is 0. The van der Waals surface area contributed by atoms with E-state index in [1.54, 1.807) is 0 Å². The van der Waals surface area contributed by atoms with Crippen LogP contribution in [-0.2, 0) is 0 Å². The average molecular weight is 603 g/mol. The van der Waals surface area contributed by atoms with E-state index < -0.39 is 0 Å². The summed E-state index contributed by atoms with van der Waals surface area (Å²) in [5.74, 6) is 7.72. The summed E-state index contributed by atoms with van der Waals surface area (Å²) in [5.41, 5.74) is 0. The van der Waals surface area contributed by atoms with Gasteiger partial charge in [0, 0.05) is 0 Å². The first kappa shape index (κ1) is 41.0. The standard InChI is InChI=1S/C43H86/c1-9-12-13-14-15-16-17-18-19-20-21-22-23-27-41(11-3)40(8)35-38(6)26-24-28-42-33-34-43(42)39(7)32-31-37(5)30-29-36(4)25-10-2/h36-43H,9-35H2,1-8H3. The Balaban J connectivity index is 2.09. The van der Waals surface area contributed by atoms with Crippen LogP contribution in [0.3, 0.4) is 0 Å². The molecule has 1 rings (SSSR count). The molecule has 0 spiro atoms. The monoisotopic (exact) mass is 603 g/mol. The summed E-state index contributed by atoms with van der Waals surface area (Å²) in [4.78, 5) is 0. The molecule has 8 unspecified atom stereocenters. The molecule has 0 N–H and O–H groups in total. The zero-order valence-corrected chi connectivity index (χ0v) is 31.7. The molecule has 0 heteroatoms. The van der Waals surface area contributed by atoms with E-state index in [0.29, 0.717) is 0 Å². The van der Waals surface area contributed by atoms with Crippen molar-refractivity contribution in [3.8, 4) is 0 Å². The zero-order valence-electron chi connectivity index (χ0n) is 31.7. The fourth-order valence-corrected chi connectivity index (χ4v) is 8.80. The van der Waals surface area contributed by atoms with Crippen molar-refractivity contribution in [2.45, 2.75) is 229 Å². The van der Waals surface area contributed by atoms with E-state index in [-0.39, 0.29) is 0 Å². The predicted molar refractivity (Wildman–Crippen MR) is 198 cm³/mol. The number of unbranched alkanes of at least 4 members (excludes halogenated alkanes) is 12. The quantitative estimate of drug-likeness (QED) is 0.0692. The van der Waals surface area contributed by atoms with Gasteiger partial charge in [0.2, 0.25) is 0 Å². The molecule has 0 radical (unpaired) electrons. The minimum Gasteiger partial charge on any atom is -0.0654 e. The molecule has 0 bridgehead atoms. The molecule has 0 amide bonds. The number of hydrogen-bond donors (Lipinski definition) is 0. The lowest BCUT2D eigenvalue weighted by Gasteiger charge is -2.41. The van der Waals surface area contributed by atoms with Gasteiger partial charge in [-0.15, -0.1) is 0 Å². The molecule has 0 saturated heterocycles. The van der Waals surface area contributed by atoms with Crippen molar-refractivity contribution in [1.29, 1.82) is 0 Å². The van der Waals surface area contributed by atoms with Crippen LogP contribution in [0.5, 0.6) is 0 Å². The normalized spacial score (nSPS) is 21.2. The summed E-state index contributed by atoms with van der Waals surface area (Å²) >= 11 is 0. The second-order valence-electron chi connectivity index (χ2n) is 16.6. The highest BCUT2D eigenvalue weighted by Gasteiger charge is 2.34. The van der Waals surface area contributed by atoms with Gasteiger partial charge in [0.05, 0.1) is 0 Å². The van der Waals surface area contributed by atoms with E-state index in [1.165, 1.54) is 173 Å². The SMILES string of the molecule is CCCCCCCCCCCCCCCC(CC)C(C)CC(C)CCCC1CCC1C(C)CCC(C)CCC(C)CCC. The molecular formula is C43H86. The lowest BCUT2D eigenvalue weighted by atomic mass is 9.64. The van der Waals surface area contributed by atoms with Gasteiger partial charge in [-0.05, 0) is 66.6 Å². The summed E-state index contributed by atoms with van der Waals surface area (Å²) in [6, 6.07) is 0. The van der Waals surface area contributed by atoms with Crippen LogP contribution in [0.15, 0.2) is 0 Å². The fourth-order valence-electron chi connectivity index (χ4n) is 8.80. The van der Waals surface area contributed by atoms with Crippen LogP contribution in [-0.4, -0.2) is 0 Å². The van der Waals surface area contributed by atoms with Crippen molar-refractivity contribution in [2.75, 3.05) is 0 Å². The molecule has 43 heavy (non-hydrogen) atoms. The van der Waals surface area contributed by atoms with Crippen molar-refractivity contribution in [2.24, 2.45) is 47.3 Å². The van der Waals surface area contributed by atoms with Gasteiger partial charge >= 0.3 is 0 Å². The first-order chi connectivity index (χ1) is 20.8. The number of rotatable bonds is 31. The van der Waals surface area contributed by atoms with Crippen LogP contribution in [0.2, 0.25) is 0 Å². The molecule has 0 nitrogen and oxygen atoms in total. The summed E-state index contributed by atoms with van der Waals surface area (Å²) in [6.07, 6.45) is 39.6. The highest BCUT2D eigenvalue weighted by atomic mass is 14.4. The number of hydrogen-bond acceptors (Lipinski definition) is 0. The molecule has 0 heterocycles. The zero-order chi connectivity index (χ0) is 31.7. The largest absolute Gasteiger partial charge is 0.0654 e. The van der Waals surface area contributed by atoms with Crippen molar-refractivity contribution in [1.82, 2.24) is 0 Å². The molecule has 1 aliphatic rings. The Bertz CT molecular complexity index is 579. The van der Waals surface area contributed by atoms with E-state index in [1.807, 2.05) is 0 Å². The first-order valence-electron chi connectivity index (χ1n) is 20.8. The summed E-state index contributed by atoms with van der Waals surface area (Å²) in [7, 11) is 0. The Morgan fingerprint density at radius 3 is 1.51 bits per heavy atom. The Kier molecular flexibility index (Phi) is 25.9. The molecule has 0 aromatic rings. The van der Waals surface area contributed by atoms with Crippen LogP contribution in [0.25, 0.3) is 0 Å². The van der Waals surface area contributed by atoms with E-state index in [0.717, 1.165) is 47.3 Å². The van der Waals surface area contributed by atoms with Crippen LogP contribution in [0.1, 0.15) is 229 Å². The third-order valence-corrected chi connectivity index (χ3v) is 12.3. The topological polar surface area (TPSA) is 0 Å². The molecule has 0 aromatic heterocycles. The first-order valence-corrected chi connectivity index (χ1v) is 20.8. The minimum atomic E-state index is 0.917. The van der Waals surface area contributed by atoms with Gasteiger partial charge < -0.3 is 0 Å². The van der Waals surface area contributed by atoms with Gasteiger partial charge in [-0.1, -0.05) is 209 Å². The second-order valence-corrected chi connectivity index (χ2v) is 16.6. The van der Waals surface area contributed by atoms with E-state index in [9.17, 15) is 0 Å². The smallest absolute Gasteiger partial charge is 0.0360 e. The second kappa shape index (κ2) is 27.1. The molecule has 1 fully saturated rings. The Hall–Kier alpha value is 0. The molecule has 0 aromatic carbocycles. The van der Waals surface area contributed by atoms with Crippen molar-refractivity contribution in [3.63, 3.8) is 0 Å². The Labute approximate surface area is 275 Å². The highest BCUT2D eigenvalue weighted by Crippen LogP contribution is 2.44. The maximum Gasteiger partial charge on any atom is -0.0360 e.